The Labute approximate surface area is 206 Å². The molecule has 0 spiro atoms. The van der Waals surface area contributed by atoms with Crippen LogP contribution in [-0.2, 0) is 14.9 Å². The lowest BCUT2D eigenvalue weighted by Gasteiger charge is -2.13. The summed E-state index contributed by atoms with van der Waals surface area (Å²) >= 11 is 0. The highest BCUT2D eigenvalue weighted by atomic mass is 32.2. The minimum atomic E-state index is -4.29. The molecule has 0 radical (unpaired) electrons. The molecule has 0 bridgehead atoms. The number of Topliss-reactive ketones (excluding diaryl/α,β-unsaturated/α-hetero) is 1. The molecule has 0 amide bonds. The Hall–Kier alpha value is -1.29. The Balaban J connectivity index is 2.33. The number of rotatable bonds is 21. The zero-order chi connectivity index (χ0) is 25.2. The third-order valence-electron chi connectivity index (χ3n) is 6.11. The normalized spacial score (nSPS) is 15.6. The number of aliphatic hydroxyl groups is 2. The summed E-state index contributed by atoms with van der Waals surface area (Å²) in [6, 6.07) is 0. The van der Waals surface area contributed by atoms with Crippen molar-refractivity contribution in [3.63, 3.8) is 0 Å². The topological polar surface area (TPSA) is 118 Å². The van der Waals surface area contributed by atoms with Crippen molar-refractivity contribution in [2.45, 2.75) is 96.5 Å². The molecule has 0 saturated carbocycles. The summed E-state index contributed by atoms with van der Waals surface area (Å²) in [7, 11) is -4.29. The number of hydrogen-bond donors (Lipinski definition) is 3. The maximum Gasteiger partial charge on any atom is 0.316 e. The molecule has 1 atom stereocenters. The number of carbonyl (C=O) groups is 1. The second-order valence-electron chi connectivity index (χ2n) is 9.29. The average molecular weight is 504 g/mol. The van der Waals surface area contributed by atoms with Crippen LogP contribution in [0.2, 0.25) is 0 Å². The van der Waals surface area contributed by atoms with Crippen molar-refractivity contribution in [1.29, 1.82) is 0 Å². The second kappa shape index (κ2) is 18.0. The summed E-state index contributed by atoms with van der Waals surface area (Å²) in [5.41, 5.74) is 0. The summed E-state index contributed by atoms with van der Waals surface area (Å²) in [6.07, 6.45) is 17.8. The largest absolute Gasteiger partial charge is 0.392 e. The summed E-state index contributed by atoms with van der Waals surface area (Å²) in [5.74, 6) is -0.405. The highest BCUT2D eigenvalue weighted by molar-refractivity contribution is 7.85. The standard InChI is InChI=1S/C25H46N2O6S/c1-2-3-4-5-6-7-8-9-10-11-12-13-14-15-16-24(30)25-26(19-20-28)17-18-27(25)21-23(29)22-34(31,32)33/h11-12,23,28-29H,2-10,13-22H2,1H3/p+1/b12-11+. The van der Waals surface area contributed by atoms with Crippen molar-refractivity contribution in [3.8, 4) is 0 Å². The molecule has 0 aromatic carbocycles. The van der Waals surface area contributed by atoms with Crippen LogP contribution in [0.4, 0.5) is 0 Å². The molecule has 0 fully saturated rings. The Kier molecular flexibility index (Phi) is 16.3. The van der Waals surface area contributed by atoms with E-state index in [0.29, 0.717) is 31.9 Å². The number of β-amino-alcohol motifs (C(OH)–C–C–N with tert-alkyl or cyclic N) is 2. The van der Waals surface area contributed by atoms with Gasteiger partial charge in [0, 0.05) is 6.42 Å². The van der Waals surface area contributed by atoms with Crippen molar-refractivity contribution in [1.82, 2.24) is 4.90 Å². The number of nitrogens with zero attached hydrogens (tertiary/aromatic N) is 2. The first-order valence-electron chi connectivity index (χ1n) is 13.1. The molecule has 1 aliphatic rings. The lowest BCUT2D eigenvalue weighted by Crippen LogP contribution is -2.40. The first kappa shape index (κ1) is 30.7. The van der Waals surface area contributed by atoms with E-state index in [4.69, 9.17) is 4.55 Å². The van der Waals surface area contributed by atoms with Gasteiger partial charge in [0.2, 0.25) is 5.78 Å². The van der Waals surface area contributed by atoms with E-state index in [1.807, 2.05) is 0 Å². The molecule has 3 N–H and O–H groups in total. The van der Waals surface area contributed by atoms with Crippen LogP contribution in [0, 0.1) is 0 Å². The first-order chi connectivity index (χ1) is 16.3. The zero-order valence-electron chi connectivity index (χ0n) is 21.0. The van der Waals surface area contributed by atoms with Gasteiger partial charge in [-0.3, -0.25) is 18.8 Å². The quantitative estimate of drug-likeness (QED) is 0.0953. The van der Waals surface area contributed by atoms with Crippen molar-refractivity contribution in [2.75, 3.05) is 38.5 Å². The molecule has 1 rings (SSSR count). The van der Waals surface area contributed by atoms with Gasteiger partial charge in [-0.15, -0.1) is 0 Å². The number of ketones is 1. The zero-order valence-corrected chi connectivity index (χ0v) is 21.9. The molecule has 1 unspecified atom stereocenters. The average Bonchev–Trinajstić information content (AvgIpc) is 3.14. The van der Waals surface area contributed by atoms with Crippen LogP contribution in [0.1, 0.15) is 90.4 Å². The molecule has 9 heteroatoms. The number of hydrogen-bond acceptors (Lipinski definition) is 6. The van der Waals surface area contributed by atoms with Gasteiger partial charge in [0.15, 0.2) is 0 Å². The van der Waals surface area contributed by atoms with E-state index in [1.165, 1.54) is 51.4 Å². The highest BCUT2D eigenvalue weighted by Gasteiger charge is 2.36. The number of aliphatic hydroxyl groups excluding tert-OH is 2. The van der Waals surface area contributed by atoms with E-state index in [2.05, 4.69) is 19.1 Å². The van der Waals surface area contributed by atoms with E-state index in [-0.39, 0.29) is 18.9 Å². The minimum absolute atomic E-state index is 0.0513. The van der Waals surface area contributed by atoms with Gasteiger partial charge >= 0.3 is 5.84 Å². The van der Waals surface area contributed by atoms with Gasteiger partial charge in [0.25, 0.3) is 10.1 Å². The molecule has 1 heterocycles. The van der Waals surface area contributed by atoms with Crippen LogP contribution in [0.5, 0.6) is 0 Å². The summed E-state index contributed by atoms with van der Waals surface area (Å²) in [4.78, 5) is 14.6. The number of unbranched alkanes of at least 4 members (excludes halogenated alkanes) is 10. The Morgan fingerprint density at radius 1 is 1.03 bits per heavy atom. The van der Waals surface area contributed by atoms with Gasteiger partial charge in [-0.05, 0) is 32.1 Å². The lowest BCUT2D eigenvalue weighted by atomic mass is 10.1. The van der Waals surface area contributed by atoms with E-state index in [1.54, 1.807) is 9.48 Å². The van der Waals surface area contributed by atoms with Crippen molar-refractivity contribution < 1.29 is 32.6 Å². The summed E-state index contributed by atoms with van der Waals surface area (Å²) in [5, 5.41) is 19.3. The van der Waals surface area contributed by atoms with Crippen LogP contribution in [0.25, 0.3) is 0 Å². The second-order valence-corrected chi connectivity index (χ2v) is 10.8. The Morgan fingerprint density at radius 3 is 2.21 bits per heavy atom. The molecule has 8 nitrogen and oxygen atoms in total. The van der Waals surface area contributed by atoms with E-state index in [9.17, 15) is 23.4 Å². The summed E-state index contributed by atoms with van der Waals surface area (Å²) in [6.45, 7) is 3.40. The van der Waals surface area contributed by atoms with Crippen molar-refractivity contribution in [3.05, 3.63) is 12.2 Å². The molecule has 198 valence electrons. The van der Waals surface area contributed by atoms with Gasteiger partial charge in [-0.1, -0.05) is 64.0 Å². The van der Waals surface area contributed by atoms with Gasteiger partial charge in [-0.2, -0.15) is 8.42 Å². The van der Waals surface area contributed by atoms with Crippen molar-refractivity contribution in [2.24, 2.45) is 0 Å². The Bertz CT molecular complexity index is 736. The maximum atomic E-state index is 12.9. The first-order valence-corrected chi connectivity index (χ1v) is 14.7. The molecule has 0 aromatic rings. The number of allylic oxidation sites excluding steroid dienone is 2. The highest BCUT2D eigenvalue weighted by Crippen LogP contribution is 2.12. The van der Waals surface area contributed by atoms with E-state index >= 15 is 0 Å². The van der Waals surface area contributed by atoms with E-state index < -0.39 is 22.0 Å². The Morgan fingerprint density at radius 2 is 1.62 bits per heavy atom. The SMILES string of the molecule is CCCCCCCCCC/C=C/CCCCC(=O)C1=[N+](CC(O)CS(=O)(=O)O)CCN1CCO. The fraction of sp³-hybridized carbons (Fsp3) is 0.840. The molecular weight excluding hydrogens is 456 g/mol. The molecule has 0 aromatic heterocycles. The molecule has 0 saturated heterocycles. The van der Waals surface area contributed by atoms with Gasteiger partial charge < -0.3 is 10.2 Å². The summed E-state index contributed by atoms with van der Waals surface area (Å²) < 4.78 is 32.6. The molecular formula is C25H47N2O6S+. The van der Waals surface area contributed by atoms with Gasteiger partial charge in [0.1, 0.15) is 38.0 Å². The van der Waals surface area contributed by atoms with Crippen molar-refractivity contribution >= 4 is 21.7 Å². The third-order valence-corrected chi connectivity index (χ3v) is 6.91. The maximum absolute atomic E-state index is 12.9. The predicted molar refractivity (Wildman–Crippen MR) is 136 cm³/mol. The fourth-order valence-corrected chi connectivity index (χ4v) is 4.96. The fourth-order valence-electron chi connectivity index (χ4n) is 4.36. The van der Waals surface area contributed by atoms with Crippen LogP contribution < -0.4 is 0 Å². The van der Waals surface area contributed by atoms with E-state index in [0.717, 1.165) is 25.7 Å². The third kappa shape index (κ3) is 14.2. The number of amidine groups is 1. The molecule has 1 aliphatic heterocycles. The lowest BCUT2D eigenvalue weighted by molar-refractivity contribution is -0.525. The monoisotopic (exact) mass is 503 g/mol. The van der Waals surface area contributed by atoms with Gasteiger partial charge in [-0.25, -0.2) is 0 Å². The van der Waals surface area contributed by atoms with Crippen LogP contribution in [0.15, 0.2) is 12.2 Å². The predicted octanol–water partition coefficient (Wildman–Crippen LogP) is 3.17. The van der Waals surface area contributed by atoms with Crippen LogP contribution in [-0.4, -0.2) is 88.9 Å². The molecule has 34 heavy (non-hydrogen) atoms. The molecule has 0 aliphatic carbocycles. The van der Waals surface area contributed by atoms with Gasteiger partial charge in [0.05, 0.1) is 6.61 Å². The number of carbonyl (C=O) groups excluding carboxylic acids is 1. The smallest absolute Gasteiger partial charge is 0.316 e. The minimum Gasteiger partial charge on any atom is -0.392 e. The van der Waals surface area contributed by atoms with Crippen LogP contribution in [0.3, 0.4) is 0 Å². The van der Waals surface area contributed by atoms with Crippen LogP contribution >= 0.6 is 0 Å².